The molecule has 2 heterocycles. The van der Waals surface area contributed by atoms with Gasteiger partial charge in [0.25, 0.3) is 0 Å². The maximum Gasteiger partial charge on any atom is 0.416 e. The third kappa shape index (κ3) is 5.61. The zero-order chi connectivity index (χ0) is 23.6. The van der Waals surface area contributed by atoms with Crippen molar-refractivity contribution in [1.29, 1.82) is 0 Å². The summed E-state index contributed by atoms with van der Waals surface area (Å²) in [4.78, 5) is 10.2. The first-order valence-electron chi connectivity index (χ1n) is 10.1. The number of benzene rings is 2. The minimum absolute atomic E-state index is 0.0492. The van der Waals surface area contributed by atoms with Gasteiger partial charge in [0.2, 0.25) is 5.88 Å². The van der Waals surface area contributed by atoms with Crippen LogP contribution in [0.25, 0.3) is 0 Å². The van der Waals surface area contributed by atoms with Gasteiger partial charge in [-0.25, -0.2) is 5.48 Å². The van der Waals surface area contributed by atoms with Crippen LogP contribution in [0.5, 0.6) is 11.6 Å². The van der Waals surface area contributed by atoms with Crippen molar-refractivity contribution >= 4 is 17.4 Å². The first kappa shape index (κ1) is 23.0. The molecule has 0 radical (unpaired) electrons. The molecule has 172 valence electrons. The van der Waals surface area contributed by atoms with Crippen molar-refractivity contribution in [3.05, 3.63) is 81.5 Å². The molecule has 0 saturated carbocycles. The quantitative estimate of drug-likeness (QED) is 0.530. The number of aromatic nitrogens is 2. The Morgan fingerprint density at radius 3 is 2.70 bits per heavy atom. The van der Waals surface area contributed by atoms with Gasteiger partial charge in [0.15, 0.2) is 11.0 Å². The summed E-state index contributed by atoms with van der Waals surface area (Å²) < 4.78 is 44.8. The highest BCUT2D eigenvalue weighted by Gasteiger charge is 2.31. The Kier molecular flexibility index (Phi) is 6.53. The molecule has 1 aliphatic rings. The summed E-state index contributed by atoms with van der Waals surface area (Å²) in [5.41, 5.74) is 5.69. The summed E-state index contributed by atoms with van der Waals surface area (Å²) in [6, 6.07) is 12.0. The number of aryl methyl sites for hydroxylation is 2. The molecule has 0 amide bonds. The first-order chi connectivity index (χ1) is 15.7. The summed E-state index contributed by atoms with van der Waals surface area (Å²) in [6.45, 7) is 4.42. The van der Waals surface area contributed by atoms with Crippen LogP contribution in [-0.4, -0.2) is 28.7 Å². The van der Waals surface area contributed by atoms with Crippen molar-refractivity contribution in [2.75, 3.05) is 6.61 Å². The summed E-state index contributed by atoms with van der Waals surface area (Å²) in [5, 5.41) is 7.74. The van der Waals surface area contributed by atoms with Crippen LogP contribution in [0, 0.1) is 13.8 Å². The molecule has 1 atom stereocenters. The SMILES string of the molecule is Cc1ccc(C[C@@H]2CONC(c3cc(Cl)nnc3Oc3cccc(C(F)(F)F)c3)=N2)c(C)c1. The third-order valence-corrected chi connectivity index (χ3v) is 5.26. The van der Waals surface area contributed by atoms with Gasteiger partial charge in [0, 0.05) is 0 Å². The monoisotopic (exact) mass is 476 g/mol. The number of halogens is 4. The Balaban J connectivity index is 1.62. The molecule has 1 N–H and O–H groups in total. The molecule has 0 aliphatic carbocycles. The lowest BCUT2D eigenvalue weighted by Gasteiger charge is -2.23. The summed E-state index contributed by atoms with van der Waals surface area (Å²) in [5.74, 6) is 0.197. The molecule has 2 aromatic carbocycles. The lowest BCUT2D eigenvalue weighted by Crippen LogP contribution is -2.37. The van der Waals surface area contributed by atoms with Gasteiger partial charge in [0.1, 0.15) is 5.75 Å². The van der Waals surface area contributed by atoms with E-state index in [1.807, 2.05) is 19.9 Å². The number of ether oxygens (including phenoxy) is 1. The Morgan fingerprint density at radius 2 is 1.94 bits per heavy atom. The van der Waals surface area contributed by atoms with Crippen LogP contribution in [0.3, 0.4) is 0 Å². The van der Waals surface area contributed by atoms with E-state index in [0.29, 0.717) is 24.4 Å². The van der Waals surface area contributed by atoms with E-state index in [-0.39, 0.29) is 22.8 Å². The minimum atomic E-state index is -4.50. The van der Waals surface area contributed by atoms with Crippen molar-refractivity contribution in [3.63, 3.8) is 0 Å². The Labute approximate surface area is 193 Å². The molecule has 33 heavy (non-hydrogen) atoms. The molecule has 1 aliphatic heterocycles. The van der Waals surface area contributed by atoms with Crippen molar-refractivity contribution in [2.45, 2.75) is 32.5 Å². The predicted molar refractivity (Wildman–Crippen MR) is 118 cm³/mol. The molecule has 0 saturated heterocycles. The topological polar surface area (TPSA) is 68.6 Å². The number of nitrogens with one attached hydrogen (secondary N) is 1. The van der Waals surface area contributed by atoms with E-state index >= 15 is 0 Å². The molecule has 1 aromatic heterocycles. The largest absolute Gasteiger partial charge is 0.437 e. The molecule has 0 unspecified atom stereocenters. The van der Waals surface area contributed by atoms with Crippen molar-refractivity contribution < 1.29 is 22.7 Å². The number of nitrogens with zero attached hydrogens (tertiary/aromatic N) is 3. The molecule has 0 spiro atoms. The highest BCUT2D eigenvalue weighted by Crippen LogP contribution is 2.33. The third-order valence-electron chi connectivity index (χ3n) is 5.07. The fourth-order valence-electron chi connectivity index (χ4n) is 3.46. The fourth-order valence-corrected chi connectivity index (χ4v) is 3.61. The van der Waals surface area contributed by atoms with Crippen LogP contribution < -0.4 is 10.2 Å². The number of hydrogen-bond acceptors (Lipinski definition) is 6. The highest BCUT2D eigenvalue weighted by atomic mass is 35.5. The Morgan fingerprint density at radius 1 is 1.12 bits per heavy atom. The van der Waals surface area contributed by atoms with Crippen LogP contribution in [0.4, 0.5) is 13.2 Å². The molecule has 6 nitrogen and oxygen atoms in total. The average Bonchev–Trinajstić information content (AvgIpc) is 2.77. The molecule has 0 bridgehead atoms. The van der Waals surface area contributed by atoms with E-state index in [4.69, 9.17) is 26.2 Å². The number of amidine groups is 1. The van der Waals surface area contributed by atoms with Gasteiger partial charge in [-0.3, -0.25) is 9.83 Å². The molecular weight excluding hydrogens is 457 g/mol. The van der Waals surface area contributed by atoms with E-state index in [0.717, 1.165) is 23.3 Å². The fraction of sp³-hybridized carbons (Fsp3) is 0.261. The van der Waals surface area contributed by atoms with Crippen LogP contribution in [0.2, 0.25) is 5.15 Å². The highest BCUT2D eigenvalue weighted by molar-refractivity contribution is 6.29. The number of hydrogen-bond donors (Lipinski definition) is 1. The van der Waals surface area contributed by atoms with Crippen molar-refractivity contribution in [2.24, 2.45) is 4.99 Å². The maximum absolute atomic E-state index is 13.1. The maximum atomic E-state index is 13.1. The van der Waals surface area contributed by atoms with Gasteiger partial charge in [-0.2, -0.15) is 13.2 Å². The van der Waals surface area contributed by atoms with E-state index < -0.39 is 11.7 Å². The summed E-state index contributed by atoms with van der Waals surface area (Å²) in [6.07, 6.45) is -3.86. The minimum Gasteiger partial charge on any atom is -0.437 e. The second-order valence-electron chi connectivity index (χ2n) is 7.69. The normalized spacial score (nSPS) is 16.2. The van der Waals surface area contributed by atoms with E-state index in [1.165, 1.54) is 23.8 Å². The van der Waals surface area contributed by atoms with Gasteiger partial charge in [-0.05, 0) is 55.7 Å². The second kappa shape index (κ2) is 9.36. The smallest absolute Gasteiger partial charge is 0.416 e. The Bertz CT molecular complexity index is 1200. The van der Waals surface area contributed by atoms with Crippen LogP contribution >= 0.6 is 11.6 Å². The molecule has 4 rings (SSSR count). The van der Waals surface area contributed by atoms with Gasteiger partial charge in [-0.1, -0.05) is 41.4 Å². The Hall–Kier alpha value is -3.17. The summed E-state index contributed by atoms with van der Waals surface area (Å²) >= 11 is 6.02. The van der Waals surface area contributed by atoms with Gasteiger partial charge >= 0.3 is 6.18 Å². The molecule has 0 fully saturated rings. The number of alkyl halides is 3. The lowest BCUT2D eigenvalue weighted by molar-refractivity contribution is -0.137. The number of aliphatic imine (C=N–C) groups is 1. The molecule has 3 aromatic rings. The standard InChI is InChI=1S/C23H20ClF3N4O2/c1-13-6-7-15(14(2)8-13)9-17-12-32-31-21(28-17)19-11-20(24)29-30-22(19)33-18-5-3-4-16(10-18)23(25,26)27/h3-8,10-11,17H,9,12H2,1-2H3,(H,28,31)/t17-/m1/s1. The van der Waals surface area contributed by atoms with E-state index in [1.54, 1.807) is 0 Å². The van der Waals surface area contributed by atoms with Crippen LogP contribution in [0.15, 0.2) is 53.5 Å². The summed E-state index contributed by atoms with van der Waals surface area (Å²) in [7, 11) is 0. The van der Waals surface area contributed by atoms with Gasteiger partial charge in [0.05, 0.1) is 23.8 Å². The van der Waals surface area contributed by atoms with Crippen LogP contribution in [0.1, 0.15) is 27.8 Å². The first-order valence-corrected chi connectivity index (χ1v) is 10.5. The second-order valence-corrected chi connectivity index (χ2v) is 8.08. The van der Waals surface area contributed by atoms with E-state index in [9.17, 15) is 13.2 Å². The van der Waals surface area contributed by atoms with Gasteiger partial charge in [-0.15, -0.1) is 10.2 Å². The molecule has 10 heteroatoms. The van der Waals surface area contributed by atoms with Gasteiger partial charge < -0.3 is 4.74 Å². The van der Waals surface area contributed by atoms with Crippen LogP contribution in [-0.2, 0) is 17.4 Å². The number of rotatable bonds is 5. The zero-order valence-corrected chi connectivity index (χ0v) is 18.5. The number of hydroxylamine groups is 1. The average molecular weight is 477 g/mol. The van der Waals surface area contributed by atoms with Crippen molar-refractivity contribution in [3.8, 4) is 11.6 Å². The zero-order valence-electron chi connectivity index (χ0n) is 17.8. The molecular formula is C23H20ClF3N4O2. The predicted octanol–water partition coefficient (Wildman–Crippen LogP) is 5.45. The van der Waals surface area contributed by atoms with Crippen molar-refractivity contribution in [1.82, 2.24) is 15.7 Å². The lowest BCUT2D eigenvalue weighted by atomic mass is 9.99. The van der Waals surface area contributed by atoms with E-state index in [2.05, 4.69) is 27.8 Å².